The van der Waals surface area contributed by atoms with Crippen molar-refractivity contribution < 1.29 is 28.1 Å². The molecule has 4 aromatic rings. The third kappa shape index (κ3) is 6.15. The van der Waals surface area contributed by atoms with Gasteiger partial charge in [-0.2, -0.15) is 5.26 Å². The van der Waals surface area contributed by atoms with E-state index >= 15 is 0 Å². The van der Waals surface area contributed by atoms with Crippen LogP contribution in [0.1, 0.15) is 46.3 Å². The van der Waals surface area contributed by atoms with Crippen LogP contribution in [0.2, 0.25) is 0 Å². The highest BCUT2D eigenvalue weighted by Crippen LogP contribution is 2.43. The molecule has 0 fully saturated rings. The van der Waals surface area contributed by atoms with E-state index in [0.29, 0.717) is 35.0 Å². The van der Waals surface area contributed by atoms with E-state index in [9.17, 15) is 14.4 Å². The summed E-state index contributed by atoms with van der Waals surface area (Å²) in [5.41, 5.74) is 9.07. The quantitative estimate of drug-likeness (QED) is 0.184. The summed E-state index contributed by atoms with van der Waals surface area (Å²) in [7, 11) is 0. The van der Waals surface area contributed by atoms with Gasteiger partial charge in [-0.1, -0.05) is 49.4 Å². The predicted molar refractivity (Wildman–Crippen MR) is 150 cm³/mol. The molecule has 5 rings (SSSR count). The third-order valence-corrected chi connectivity index (χ3v) is 6.50. The Kier molecular flexibility index (Phi) is 8.16. The molecule has 1 aliphatic rings. The van der Waals surface area contributed by atoms with Crippen molar-refractivity contribution in [2.24, 2.45) is 5.73 Å². The number of allylic oxidation sites excluding steroid dienone is 1. The average molecular weight is 551 g/mol. The molecular weight excluding hydrogens is 523 g/mol. The molecular formula is C33H27FN2O5. The highest BCUT2D eigenvalue weighted by atomic mass is 19.1. The number of ether oxygens (including phenoxy) is 4. The first-order valence-corrected chi connectivity index (χ1v) is 13.1. The second kappa shape index (κ2) is 12.3. The molecule has 0 spiro atoms. The van der Waals surface area contributed by atoms with Crippen LogP contribution in [0.25, 0.3) is 0 Å². The Hall–Kier alpha value is -5.29. The molecule has 1 unspecified atom stereocenters. The van der Waals surface area contributed by atoms with Gasteiger partial charge in [0.1, 0.15) is 52.6 Å². The van der Waals surface area contributed by atoms with Gasteiger partial charge in [-0.15, -0.1) is 0 Å². The first-order valence-electron chi connectivity index (χ1n) is 13.1. The van der Waals surface area contributed by atoms with E-state index in [1.807, 2.05) is 19.1 Å². The van der Waals surface area contributed by atoms with Gasteiger partial charge in [-0.25, -0.2) is 9.18 Å². The number of hydrogen-bond donors (Lipinski definition) is 1. The van der Waals surface area contributed by atoms with Gasteiger partial charge < -0.3 is 24.7 Å². The molecule has 7 nitrogen and oxygen atoms in total. The lowest BCUT2D eigenvalue weighted by atomic mass is 9.83. The lowest BCUT2D eigenvalue weighted by Gasteiger charge is -2.27. The first-order chi connectivity index (χ1) is 20.0. The van der Waals surface area contributed by atoms with Crippen LogP contribution in [0.4, 0.5) is 4.39 Å². The minimum atomic E-state index is -0.568. The molecule has 0 saturated heterocycles. The molecule has 1 atom stereocenters. The van der Waals surface area contributed by atoms with Crippen LogP contribution >= 0.6 is 0 Å². The maximum atomic E-state index is 13.2. The molecule has 2 N–H and O–H groups in total. The number of nitrogens with zero attached hydrogens (tertiary/aromatic N) is 1. The number of benzene rings is 4. The highest BCUT2D eigenvalue weighted by Gasteiger charge is 2.31. The van der Waals surface area contributed by atoms with Gasteiger partial charge in [0.25, 0.3) is 0 Å². The topological polar surface area (TPSA) is 104 Å². The van der Waals surface area contributed by atoms with Gasteiger partial charge in [0, 0.05) is 11.6 Å². The molecule has 0 saturated carbocycles. The van der Waals surface area contributed by atoms with Gasteiger partial charge in [0.2, 0.25) is 5.88 Å². The molecule has 41 heavy (non-hydrogen) atoms. The van der Waals surface area contributed by atoms with E-state index in [4.69, 9.17) is 24.7 Å². The fourth-order valence-electron chi connectivity index (χ4n) is 4.48. The second-order valence-corrected chi connectivity index (χ2v) is 9.34. The third-order valence-electron chi connectivity index (χ3n) is 6.50. The molecule has 0 aromatic heterocycles. The number of nitrogens with two attached hydrogens (primary N) is 1. The Balaban J connectivity index is 1.36. The van der Waals surface area contributed by atoms with E-state index in [1.54, 1.807) is 66.7 Å². The molecule has 0 radical (unpaired) electrons. The van der Waals surface area contributed by atoms with Crippen molar-refractivity contribution in [1.29, 1.82) is 5.26 Å². The van der Waals surface area contributed by atoms with Crippen LogP contribution in [-0.2, 0) is 6.61 Å². The Labute approximate surface area is 237 Å². The summed E-state index contributed by atoms with van der Waals surface area (Å²) in [5.74, 6) is 0.311. The van der Waals surface area contributed by atoms with E-state index in [1.165, 1.54) is 12.1 Å². The fourth-order valence-corrected chi connectivity index (χ4v) is 4.48. The summed E-state index contributed by atoms with van der Waals surface area (Å²) in [4.78, 5) is 13.0. The molecule has 8 heteroatoms. The van der Waals surface area contributed by atoms with Crippen molar-refractivity contribution >= 4 is 5.97 Å². The van der Waals surface area contributed by atoms with Gasteiger partial charge >= 0.3 is 5.97 Å². The molecule has 206 valence electrons. The smallest absolute Gasteiger partial charge is 0.347 e. The zero-order valence-electron chi connectivity index (χ0n) is 22.3. The van der Waals surface area contributed by atoms with Crippen LogP contribution in [0.3, 0.4) is 0 Å². The maximum Gasteiger partial charge on any atom is 0.347 e. The Morgan fingerprint density at radius 1 is 0.976 bits per heavy atom. The van der Waals surface area contributed by atoms with Crippen LogP contribution in [0.5, 0.6) is 23.0 Å². The van der Waals surface area contributed by atoms with E-state index in [-0.39, 0.29) is 29.6 Å². The number of carbonyl (C=O) groups excluding carboxylic acids is 1. The summed E-state index contributed by atoms with van der Waals surface area (Å²) in [5, 5.41) is 9.89. The Bertz CT molecular complexity index is 1630. The lowest BCUT2D eigenvalue weighted by molar-refractivity contribution is 0.0730. The molecule has 1 aliphatic heterocycles. The number of hydrogen-bond acceptors (Lipinski definition) is 7. The van der Waals surface area contributed by atoms with E-state index < -0.39 is 11.9 Å². The van der Waals surface area contributed by atoms with Crippen molar-refractivity contribution in [3.63, 3.8) is 0 Å². The summed E-state index contributed by atoms with van der Waals surface area (Å²) >= 11 is 0. The van der Waals surface area contributed by atoms with Crippen LogP contribution in [0, 0.1) is 17.1 Å². The number of nitriles is 1. The van der Waals surface area contributed by atoms with Gasteiger partial charge in [-0.3, -0.25) is 0 Å². The van der Waals surface area contributed by atoms with Gasteiger partial charge in [0.15, 0.2) is 0 Å². The molecule has 0 bridgehead atoms. The largest absolute Gasteiger partial charge is 0.493 e. The van der Waals surface area contributed by atoms with E-state index in [2.05, 4.69) is 6.07 Å². The van der Waals surface area contributed by atoms with Crippen molar-refractivity contribution in [2.45, 2.75) is 25.9 Å². The summed E-state index contributed by atoms with van der Waals surface area (Å²) in [6, 6.07) is 27.5. The minimum absolute atomic E-state index is 0.0246. The molecule has 1 heterocycles. The van der Waals surface area contributed by atoms with Crippen molar-refractivity contribution in [2.75, 3.05) is 6.61 Å². The standard InChI is InChI=1S/C33H27FN2O5/c1-2-17-38-29-6-4-3-5-27(29)33(37)40-25-15-16-26-30(18-25)41-32(36)28(19-35)31(26)22-9-13-24(14-10-22)39-20-21-7-11-23(34)12-8-21/h3-16,18,31H,2,17,20,36H2,1H3. The van der Waals surface area contributed by atoms with Gasteiger partial charge in [-0.05, 0) is 60.0 Å². The minimum Gasteiger partial charge on any atom is -0.493 e. The van der Waals surface area contributed by atoms with Crippen molar-refractivity contribution in [3.05, 3.63) is 131 Å². The van der Waals surface area contributed by atoms with Crippen molar-refractivity contribution in [3.8, 4) is 29.1 Å². The number of para-hydroxylation sites is 1. The SMILES string of the molecule is CCCOc1ccccc1C(=O)Oc1ccc2c(c1)OC(N)=C(C#N)C2c1ccc(OCc2ccc(F)cc2)cc1. The Morgan fingerprint density at radius 3 is 2.44 bits per heavy atom. The maximum absolute atomic E-state index is 13.2. The summed E-state index contributed by atoms with van der Waals surface area (Å²) in [6.07, 6.45) is 0.804. The first kappa shape index (κ1) is 27.3. The highest BCUT2D eigenvalue weighted by molar-refractivity contribution is 5.94. The predicted octanol–water partition coefficient (Wildman–Crippen LogP) is 6.63. The molecule has 0 aliphatic carbocycles. The number of carbonyl (C=O) groups is 1. The van der Waals surface area contributed by atoms with E-state index in [0.717, 1.165) is 17.5 Å². The molecule has 4 aromatic carbocycles. The zero-order valence-corrected chi connectivity index (χ0v) is 22.3. The van der Waals surface area contributed by atoms with Crippen LogP contribution in [0.15, 0.2) is 102 Å². The fraction of sp³-hybridized carbons (Fsp3) is 0.152. The monoisotopic (exact) mass is 550 g/mol. The van der Waals surface area contributed by atoms with Gasteiger partial charge in [0.05, 0.1) is 12.5 Å². The van der Waals surface area contributed by atoms with Crippen LogP contribution < -0.4 is 24.7 Å². The Morgan fingerprint density at radius 2 is 1.71 bits per heavy atom. The number of fused-ring (bicyclic) bond motifs is 1. The van der Waals surface area contributed by atoms with Crippen molar-refractivity contribution in [1.82, 2.24) is 0 Å². The summed E-state index contributed by atoms with van der Waals surface area (Å²) in [6.45, 7) is 2.75. The van der Waals surface area contributed by atoms with Crippen LogP contribution in [-0.4, -0.2) is 12.6 Å². The number of rotatable bonds is 9. The lowest BCUT2D eigenvalue weighted by Crippen LogP contribution is -2.21. The average Bonchev–Trinajstić information content (AvgIpc) is 2.99. The number of esters is 1. The number of halogens is 1. The molecule has 0 amide bonds. The summed E-state index contributed by atoms with van der Waals surface area (Å²) < 4.78 is 36.1. The normalized spacial score (nSPS) is 13.9. The zero-order chi connectivity index (χ0) is 28.8. The second-order valence-electron chi connectivity index (χ2n) is 9.34.